The van der Waals surface area contributed by atoms with Crippen molar-refractivity contribution in [2.75, 3.05) is 7.11 Å². The van der Waals surface area contributed by atoms with E-state index in [1.165, 1.54) is 16.7 Å². The van der Waals surface area contributed by atoms with Crippen LogP contribution in [0.3, 0.4) is 0 Å². The first kappa shape index (κ1) is 12.7. The first-order valence-electron chi connectivity index (χ1n) is 6.96. The molecule has 0 heterocycles. The number of hydrogen-bond donors (Lipinski definition) is 0. The molecule has 20 heavy (non-hydrogen) atoms. The van der Waals surface area contributed by atoms with Gasteiger partial charge in [0.15, 0.2) is 0 Å². The van der Waals surface area contributed by atoms with Crippen LogP contribution in [0.1, 0.15) is 24.0 Å². The maximum Gasteiger partial charge on any atom is 0.126 e. The highest BCUT2D eigenvalue weighted by Gasteiger charge is 2.11. The van der Waals surface area contributed by atoms with Crippen LogP contribution in [0.5, 0.6) is 5.75 Å². The normalized spacial score (nSPS) is 16.2. The minimum absolute atomic E-state index is 0.932. The Labute approximate surface area is 120 Å². The Bertz CT molecular complexity index is 650. The largest absolute Gasteiger partial charge is 0.496 e. The van der Waals surface area contributed by atoms with Crippen LogP contribution in [0, 0.1) is 0 Å². The number of allylic oxidation sites excluding steroid dienone is 3. The van der Waals surface area contributed by atoms with Crippen LogP contribution in [0.2, 0.25) is 0 Å². The number of hydrogen-bond acceptors (Lipinski definition) is 1. The lowest BCUT2D eigenvalue weighted by molar-refractivity contribution is 0.414. The SMILES string of the molecule is COc1ccccc1/C=C1/C=C(c2ccccc2)CC1. The summed E-state index contributed by atoms with van der Waals surface area (Å²) < 4.78 is 5.40. The zero-order valence-corrected chi connectivity index (χ0v) is 11.7. The summed E-state index contributed by atoms with van der Waals surface area (Å²) in [6.45, 7) is 0. The third-order valence-electron chi connectivity index (χ3n) is 3.67. The van der Waals surface area contributed by atoms with Crippen molar-refractivity contribution in [1.29, 1.82) is 0 Å². The van der Waals surface area contributed by atoms with E-state index in [2.05, 4.69) is 48.6 Å². The Morgan fingerprint density at radius 2 is 1.65 bits per heavy atom. The molecule has 0 fully saturated rings. The second-order valence-electron chi connectivity index (χ2n) is 5.00. The number of rotatable bonds is 3. The molecular formula is C19H18O. The summed E-state index contributed by atoms with van der Waals surface area (Å²) in [5.41, 5.74) is 5.27. The van der Waals surface area contributed by atoms with Gasteiger partial charge in [-0.25, -0.2) is 0 Å². The minimum Gasteiger partial charge on any atom is -0.496 e. The summed E-state index contributed by atoms with van der Waals surface area (Å²) in [7, 11) is 1.72. The lowest BCUT2D eigenvalue weighted by Gasteiger charge is -2.04. The second kappa shape index (κ2) is 5.79. The van der Waals surface area contributed by atoms with Gasteiger partial charge in [0, 0.05) is 5.56 Å². The number of ether oxygens (including phenoxy) is 1. The first-order chi connectivity index (χ1) is 9.86. The van der Waals surface area contributed by atoms with Crippen molar-refractivity contribution in [1.82, 2.24) is 0 Å². The quantitative estimate of drug-likeness (QED) is 0.760. The van der Waals surface area contributed by atoms with Crippen molar-refractivity contribution in [2.45, 2.75) is 12.8 Å². The summed E-state index contributed by atoms with van der Waals surface area (Å²) in [6.07, 6.45) is 6.75. The summed E-state index contributed by atoms with van der Waals surface area (Å²) in [5, 5.41) is 0. The molecule has 2 aromatic carbocycles. The van der Waals surface area contributed by atoms with Crippen molar-refractivity contribution in [3.8, 4) is 5.75 Å². The third kappa shape index (κ3) is 2.67. The average molecular weight is 262 g/mol. The topological polar surface area (TPSA) is 9.23 Å². The number of methoxy groups -OCH3 is 1. The highest BCUT2D eigenvalue weighted by Crippen LogP contribution is 2.33. The lowest BCUT2D eigenvalue weighted by atomic mass is 10.1. The van der Waals surface area contributed by atoms with E-state index in [-0.39, 0.29) is 0 Å². The Kier molecular flexibility index (Phi) is 3.69. The van der Waals surface area contributed by atoms with Crippen LogP contribution in [-0.2, 0) is 0 Å². The van der Waals surface area contributed by atoms with Gasteiger partial charge in [-0.1, -0.05) is 54.6 Å². The Morgan fingerprint density at radius 3 is 2.45 bits per heavy atom. The first-order valence-corrected chi connectivity index (χ1v) is 6.96. The molecule has 0 aromatic heterocycles. The average Bonchev–Trinajstić information content (AvgIpc) is 2.97. The molecule has 1 heteroatoms. The van der Waals surface area contributed by atoms with Gasteiger partial charge in [0.2, 0.25) is 0 Å². The van der Waals surface area contributed by atoms with Crippen LogP contribution in [0.4, 0.5) is 0 Å². The molecule has 0 radical (unpaired) electrons. The molecule has 0 N–H and O–H groups in total. The number of para-hydroxylation sites is 1. The lowest BCUT2D eigenvalue weighted by Crippen LogP contribution is -1.86. The van der Waals surface area contributed by atoms with E-state index < -0.39 is 0 Å². The third-order valence-corrected chi connectivity index (χ3v) is 3.67. The standard InChI is InChI=1S/C19H18O/c1-20-19-10-6-5-9-18(19)14-15-11-12-17(13-15)16-7-3-2-4-8-16/h2-10,13-14H,11-12H2,1H3/b15-14+. The van der Waals surface area contributed by atoms with Gasteiger partial charge >= 0.3 is 0 Å². The minimum atomic E-state index is 0.932. The van der Waals surface area contributed by atoms with E-state index >= 15 is 0 Å². The molecule has 0 amide bonds. The van der Waals surface area contributed by atoms with Crippen molar-refractivity contribution in [3.05, 3.63) is 77.4 Å². The van der Waals surface area contributed by atoms with Gasteiger partial charge in [0.25, 0.3) is 0 Å². The van der Waals surface area contributed by atoms with E-state index in [4.69, 9.17) is 4.74 Å². The van der Waals surface area contributed by atoms with Crippen molar-refractivity contribution >= 4 is 11.6 Å². The zero-order valence-electron chi connectivity index (χ0n) is 11.7. The molecule has 2 aromatic rings. The molecule has 0 saturated heterocycles. The van der Waals surface area contributed by atoms with Gasteiger partial charge < -0.3 is 4.74 Å². The summed E-state index contributed by atoms with van der Waals surface area (Å²) in [5.74, 6) is 0.932. The van der Waals surface area contributed by atoms with Gasteiger partial charge in [0.05, 0.1) is 7.11 Å². The van der Waals surface area contributed by atoms with Gasteiger partial charge in [-0.3, -0.25) is 0 Å². The zero-order chi connectivity index (χ0) is 13.8. The van der Waals surface area contributed by atoms with Crippen LogP contribution in [0.25, 0.3) is 11.6 Å². The molecule has 0 saturated carbocycles. The predicted octanol–water partition coefficient (Wildman–Crippen LogP) is 4.96. The summed E-state index contributed by atoms with van der Waals surface area (Å²) >= 11 is 0. The number of benzene rings is 2. The van der Waals surface area contributed by atoms with Gasteiger partial charge in [0.1, 0.15) is 5.75 Å². The molecule has 0 spiro atoms. The van der Waals surface area contributed by atoms with Crippen molar-refractivity contribution in [3.63, 3.8) is 0 Å². The van der Waals surface area contributed by atoms with Crippen LogP contribution >= 0.6 is 0 Å². The molecule has 3 rings (SSSR count). The molecular weight excluding hydrogens is 244 g/mol. The molecule has 0 atom stereocenters. The molecule has 1 nitrogen and oxygen atoms in total. The van der Waals surface area contributed by atoms with E-state index in [1.807, 2.05) is 18.2 Å². The molecule has 1 aliphatic carbocycles. The highest BCUT2D eigenvalue weighted by atomic mass is 16.5. The van der Waals surface area contributed by atoms with Crippen LogP contribution in [0.15, 0.2) is 66.2 Å². The van der Waals surface area contributed by atoms with Gasteiger partial charge in [-0.2, -0.15) is 0 Å². The predicted molar refractivity (Wildman–Crippen MR) is 84.6 cm³/mol. The molecule has 0 bridgehead atoms. The molecule has 100 valence electrons. The molecule has 1 aliphatic rings. The van der Waals surface area contributed by atoms with Gasteiger partial charge in [-0.15, -0.1) is 0 Å². The molecule has 0 unspecified atom stereocenters. The fourth-order valence-corrected chi connectivity index (χ4v) is 2.63. The van der Waals surface area contributed by atoms with E-state index in [9.17, 15) is 0 Å². The summed E-state index contributed by atoms with van der Waals surface area (Å²) in [6, 6.07) is 18.8. The van der Waals surface area contributed by atoms with E-state index in [1.54, 1.807) is 7.11 Å². The molecule has 0 aliphatic heterocycles. The van der Waals surface area contributed by atoms with Crippen molar-refractivity contribution < 1.29 is 4.74 Å². The fraction of sp³-hybridized carbons (Fsp3) is 0.158. The highest BCUT2D eigenvalue weighted by molar-refractivity contribution is 5.75. The van der Waals surface area contributed by atoms with E-state index in [0.29, 0.717) is 0 Å². The maximum absolute atomic E-state index is 5.40. The Balaban J connectivity index is 1.89. The van der Waals surface area contributed by atoms with E-state index in [0.717, 1.165) is 24.2 Å². The Morgan fingerprint density at radius 1 is 0.900 bits per heavy atom. The second-order valence-corrected chi connectivity index (χ2v) is 5.00. The maximum atomic E-state index is 5.40. The summed E-state index contributed by atoms with van der Waals surface area (Å²) in [4.78, 5) is 0. The van der Waals surface area contributed by atoms with Gasteiger partial charge in [-0.05, 0) is 41.7 Å². The van der Waals surface area contributed by atoms with Crippen LogP contribution in [-0.4, -0.2) is 7.11 Å². The van der Waals surface area contributed by atoms with Crippen LogP contribution < -0.4 is 4.74 Å². The smallest absolute Gasteiger partial charge is 0.126 e. The monoisotopic (exact) mass is 262 g/mol. The van der Waals surface area contributed by atoms with Crippen molar-refractivity contribution in [2.24, 2.45) is 0 Å². The fourth-order valence-electron chi connectivity index (χ4n) is 2.63. The Hall–Kier alpha value is -2.28.